The van der Waals surface area contributed by atoms with Crippen molar-refractivity contribution in [2.45, 2.75) is 58.6 Å². The maximum Gasteiger partial charge on any atom is 0.200 e. The molecule has 0 radical (unpaired) electrons. The number of halogens is 2. The van der Waals surface area contributed by atoms with Gasteiger partial charge in [-0.1, -0.05) is 33.3 Å². The lowest BCUT2D eigenvalue weighted by molar-refractivity contribution is 0.135. The monoisotopic (exact) mass is 285 g/mol. The second-order valence-corrected chi connectivity index (χ2v) is 4.97. The van der Waals surface area contributed by atoms with Crippen LogP contribution in [0.3, 0.4) is 0 Å². The number of rotatable bonds is 9. The summed E-state index contributed by atoms with van der Waals surface area (Å²) in [7, 11) is 0. The summed E-state index contributed by atoms with van der Waals surface area (Å²) in [6.07, 6.45) is 3.60. The van der Waals surface area contributed by atoms with Gasteiger partial charge >= 0.3 is 0 Å². The molecule has 0 aliphatic rings. The minimum absolute atomic E-state index is 0.00347. The Morgan fingerprint density at radius 1 is 1.15 bits per heavy atom. The molecule has 0 aliphatic heterocycles. The van der Waals surface area contributed by atoms with Gasteiger partial charge in [0.15, 0.2) is 11.6 Å². The Bertz CT molecular complexity index is 398. The lowest BCUT2D eigenvalue weighted by atomic mass is 10.0. The molecule has 0 aliphatic carbocycles. The first-order valence-corrected chi connectivity index (χ1v) is 7.48. The summed E-state index contributed by atoms with van der Waals surface area (Å²) in [4.78, 5) is 0. The van der Waals surface area contributed by atoms with Gasteiger partial charge in [0.2, 0.25) is 5.82 Å². The fourth-order valence-electron chi connectivity index (χ4n) is 2.25. The van der Waals surface area contributed by atoms with Crippen LogP contribution < -0.4 is 10.1 Å². The van der Waals surface area contributed by atoms with E-state index in [-0.39, 0.29) is 17.9 Å². The van der Waals surface area contributed by atoms with Crippen LogP contribution in [0.25, 0.3) is 0 Å². The van der Waals surface area contributed by atoms with Crippen LogP contribution in [0.1, 0.15) is 46.5 Å². The highest BCUT2D eigenvalue weighted by atomic mass is 19.2. The van der Waals surface area contributed by atoms with Crippen LogP contribution in [0.2, 0.25) is 0 Å². The Hall–Kier alpha value is -1.16. The normalized spacial score (nSPS) is 14.1. The van der Waals surface area contributed by atoms with Crippen molar-refractivity contribution in [2.24, 2.45) is 0 Å². The van der Waals surface area contributed by atoms with E-state index in [2.05, 4.69) is 19.2 Å². The summed E-state index contributed by atoms with van der Waals surface area (Å²) in [5.41, 5.74) is 0. The zero-order valence-corrected chi connectivity index (χ0v) is 12.6. The molecule has 114 valence electrons. The van der Waals surface area contributed by atoms with E-state index in [0.29, 0.717) is 0 Å². The summed E-state index contributed by atoms with van der Waals surface area (Å²) < 4.78 is 32.6. The Morgan fingerprint density at radius 2 is 1.90 bits per heavy atom. The zero-order valence-electron chi connectivity index (χ0n) is 12.6. The zero-order chi connectivity index (χ0) is 15.0. The number of hydrogen-bond acceptors (Lipinski definition) is 2. The van der Waals surface area contributed by atoms with Gasteiger partial charge in [-0.3, -0.25) is 0 Å². The predicted octanol–water partition coefficient (Wildman–Crippen LogP) is 4.29. The molecular weight excluding hydrogens is 260 g/mol. The van der Waals surface area contributed by atoms with Gasteiger partial charge in [0.1, 0.15) is 6.10 Å². The van der Waals surface area contributed by atoms with Crippen LogP contribution in [0.4, 0.5) is 8.78 Å². The van der Waals surface area contributed by atoms with E-state index in [9.17, 15) is 8.78 Å². The molecule has 0 aromatic heterocycles. The molecule has 2 atom stereocenters. The Kier molecular flexibility index (Phi) is 7.52. The summed E-state index contributed by atoms with van der Waals surface area (Å²) in [6, 6.07) is 4.20. The van der Waals surface area contributed by atoms with Crippen LogP contribution in [-0.2, 0) is 0 Å². The Labute approximate surface area is 120 Å². The molecule has 1 aromatic rings. The first-order valence-electron chi connectivity index (χ1n) is 7.48. The molecule has 0 amide bonds. The summed E-state index contributed by atoms with van der Waals surface area (Å²) >= 11 is 0. The third kappa shape index (κ3) is 4.75. The van der Waals surface area contributed by atoms with E-state index >= 15 is 0 Å². The molecule has 20 heavy (non-hydrogen) atoms. The lowest BCUT2D eigenvalue weighted by Gasteiger charge is -2.28. The van der Waals surface area contributed by atoms with Crippen LogP contribution in [-0.4, -0.2) is 18.7 Å². The second-order valence-electron chi connectivity index (χ2n) is 4.97. The summed E-state index contributed by atoms with van der Waals surface area (Å²) in [6.45, 7) is 7.11. The van der Waals surface area contributed by atoms with Crippen molar-refractivity contribution < 1.29 is 13.5 Å². The van der Waals surface area contributed by atoms with Gasteiger partial charge in [-0.05, 0) is 37.9 Å². The molecule has 1 aromatic carbocycles. The summed E-state index contributed by atoms with van der Waals surface area (Å²) in [5.74, 6) is -1.78. The molecule has 4 heteroatoms. The number of ether oxygens (including phenoxy) is 1. The molecule has 2 unspecified atom stereocenters. The molecule has 0 bridgehead atoms. The lowest BCUT2D eigenvalue weighted by Crippen LogP contribution is -2.43. The quantitative estimate of drug-likeness (QED) is 0.730. The maximum absolute atomic E-state index is 13.7. The summed E-state index contributed by atoms with van der Waals surface area (Å²) in [5, 5.41) is 3.43. The van der Waals surface area contributed by atoms with Crippen molar-refractivity contribution in [2.75, 3.05) is 6.54 Å². The third-order valence-electron chi connectivity index (χ3n) is 3.30. The third-order valence-corrected chi connectivity index (χ3v) is 3.30. The average molecular weight is 285 g/mol. The fraction of sp³-hybridized carbons (Fsp3) is 0.625. The van der Waals surface area contributed by atoms with E-state index in [0.717, 1.165) is 38.3 Å². The molecule has 0 saturated heterocycles. The van der Waals surface area contributed by atoms with Crippen molar-refractivity contribution in [3.63, 3.8) is 0 Å². The minimum atomic E-state index is -0.906. The van der Waals surface area contributed by atoms with Crippen LogP contribution in [0.15, 0.2) is 18.2 Å². The van der Waals surface area contributed by atoms with Crippen LogP contribution in [0, 0.1) is 11.6 Å². The number of hydrogen-bond donors (Lipinski definition) is 1. The van der Waals surface area contributed by atoms with Crippen LogP contribution in [0.5, 0.6) is 5.75 Å². The molecule has 0 fully saturated rings. The molecule has 1 N–H and O–H groups in total. The SMILES string of the molecule is CCCNC(CCC)C(CC)Oc1cccc(F)c1F. The average Bonchev–Trinajstić information content (AvgIpc) is 2.45. The van der Waals surface area contributed by atoms with Crippen molar-refractivity contribution in [1.29, 1.82) is 0 Å². The standard InChI is InChI=1S/C16H25F2NO/c1-4-8-13(19-11-5-2)14(6-3)20-15-10-7-9-12(17)16(15)18/h7,9-10,13-14,19H,4-6,8,11H2,1-3H3. The van der Waals surface area contributed by atoms with E-state index in [1.165, 1.54) is 12.1 Å². The van der Waals surface area contributed by atoms with Gasteiger partial charge in [-0.2, -0.15) is 4.39 Å². The highest BCUT2D eigenvalue weighted by Crippen LogP contribution is 2.23. The molecular formula is C16H25F2NO. The van der Waals surface area contributed by atoms with E-state index < -0.39 is 11.6 Å². The topological polar surface area (TPSA) is 21.3 Å². The van der Waals surface area contributed by atoms with E-state index in [1.807, 2.05) is 6.92 Å². The second kappa shape index (κ2) is 8.90. The van der Waals surface area contributed by atoms with Crippen molar-refractivity contribution in [1.82, 2.24) is 5.32 Å². The van der Waals surface area contributed by atoms with Gasteiger partial charge in [-0.25, -0.2) is 4.39 Å². The highest BCUT2D eigenvalue weighted by molar-refractivity contribution is 5.25. The first kappa shape index (κ1) is 16.9. The van der Waals surface area contributed by atoms with Gasteiger partial charge in [0.25, 0.3) is 0 Å². The number of benzene rings is 1. The molecule has 0 saturated carbocycles. The maximum atomic E-state index is 13.7. The van der Waals surface area contributed by atoms with E-state index in [1.54, 1.807) is 0 Å². The van der Waals surface area contributed by atoms with Crippen molar-refractivity contribution in [3.8, 4) is 5.75 Å². The van der Waals surface area contributed by atoms with E-state index in [4.69, 9.17) is 4.74 Å². The van der Waals surface area contributed by atoms with Crippen molar-refractivity contribution >= 4 is 0 Å². The molecule has 0 spiro atoms. The first-order chi connectivity index (χ1) is 9.63. The highest BCUT2D eigenvalue weighted by Gasteiger charge is 2.22. The van der Waals surface area contributed by atoms with Crippen LogP contribution >= 0.6 is 0 Å². The van der Waals surface area contributed by atoms with Gasteiger partial charge in [-0.15, -0.1) is 0 Å². The fourth-order valence-corrected chi connectivity index (χ4v) is 2.25. The van der Waals surface area contributed by atoms with Crippen molar-refractivity contribution in [3.05, 3.63) is 29.8 Å². The minimum Gasteiger partial charge on any atom is -0.486 e. The Morgan fingerprint density at radius 3 is 2.50 bits per heavy atom. The largest absolute Gasteiger partial charge is 0.486 e. The molecule has 0 heterocycles. The molecule has 1 rings (SSSR count). The predicted molar refractivity (Wildman–Crippen MR) is 78.1 cm³/mol. The number of nitrogens with one attached hydrogen (secondary N) is 1. The van der Waals surface area contributed by atoms with Gasteiger partial charge in [0, 0.05) is 6.04 Å². The smallest absolute Gasteiger partial charge is 0.200 e. The van der Waals surface area contributed by atoms with Gasteiger partial charge in [0.05, 0.1) is 0 Å². The Balaban J connectivity index is 2.79. The van der Waals surface area contributed by atoms with Gasteiger partial charge < -0.3 is 10.1 Å². The molecule has 2 nitrogen and oxygen atoms in total.